The van der Waals surface area contributed by atoms with Crippen molar-refractivity contribution in [3.63, 3.8) is 0 Å². The second kappa shape index (κ2) is 11.5. The van der Waals surface area contributed by atoms with Crippen molar-refractivity contribution < 1.29 is 9.15 Å². The molecule has 4 rings (SSSR count). The molecule has 38 heavy (non-hydrogen) atoms. The van der Waals surface area contributed by atoms with Gasteiger partial charge in [0.05, 0.1) is 0 Å². The van der Waals surface area contributed by atoms with Crippen molar-refractivity contribution in [3.05, 3.63) is 88.2 Å². The molecule has 3 aromatic rings. The van der Waals surface area contributed by atoms with Gasteiger partial charge in [-0.25, -0.2) is 0 Å². The second-order valence-corrected chi connectivity index (χ2v) is 9.70. The summed E-state index contributed by atoms with van der Waals surface area (Å²) < 4.78 is 14.1. The molecule has 3 heterocycles. The molecule has 0 bridgehead atoms. The highest BCUT2D eigenvalue weighted by molar-refractivity contribution is 5.91. The van der Waals surface area contributed by atoms with E-state index in [-0.39, 0.29) is 16.9 Å². The van der Waals surface area contributed by atoms with Gasteiger partial charge in [0.1, 0.15) is 40.9 Å². The third-order valence-corrected chi connectivity index (χ3v) is 6.63. The number of fused-ring (bicyclic) bond motifs is 1. The van der Waals surface area contributed by atoms with Crippen molar-refractivity contribution in [1.82, 2.24) is 4.57 Å². The minimum Gasteiger partial charge on any atom is -0.480 e. The highest BCUT2D eigenvalue weighted by Gasteiger charge is 2.38. The largest absolute Gasteiger partial charge is 0.480 e. The number of para-hydroxylation sites is 1. The monoisotopic (exact) mass is 502 g/mol. The van der Waals surface area contributed by atoms with E-state index >= 15 is 0 Å². The summed E-state index contributed by atoms with van der Waals surface area (Å²) in [5.41, 5.74) is 2.06. The summed E-state index contributed by atoms with van der Waals surface area (Å²) in [4.78, 5) is 0. The van der Waals surface area contributed by atoms with E-state index in [1.165, 1.54) is 36.6 Å². The molecular weight excluding hydrogens is 472 g/mol. The Morgan fingerprint density at radius 2 is 1.63 bits per heavy atom. The number of nitrogens with zero attached hydrogens (tertiary/aromatic N) is 4. The Kier molecular flexibility index (Phi) is 8.00. The van der Waals surface area contributed by atoms with Crippen LogP contribution in [0.5, 0.6) is 0 Å². The number of hydrogen-bond acceptors (Lipinski definition) is 5. The zero-order valence-electron chi connectivity index (χ0n) is 22.0. The lowest BCUT2D eigenvalue weighted by molar-refractivity contribution is 0.0954. The first-order valence-electron chi connectivity index (χ1n) is 12.8. The maximum absolute atomic E-state index is 9.70. The number of unbranched alkanes of at least 4 members (excludes halogenated alkanes) is 3. The SMILES string of the molecule is CCCCCCn1cc(/C=C/c2ccc(/C=C/C3=C(C#N)C(=C(C#N)C#N)OC3(C)C)o2)c2ccccc21. The quantitative estimate of drug-likeness (QED) is 0.218. The van der Waals surface area contributed by atoms with Crippen LogP contribution >= 0.6 is 0 Å². The molecule has 1 aromatic carbocycles. The molecule has 0 unspecified atom stereocenters. The van der Waals surface area contributed by atoms with Gasteiger partial charge in [-0.05, 0) is 62.8 Å². The minimum absolute atomic E-state index is 0.0229. The van der Waals surface area contributed by atoms with Crippen LogP contribution in [0, 0.1) is 34.0 Å². The van der Waals surface area contributed by atoms with Crippen LogP contribution in [0.1, 0.15) is 63.5 Å². The van der Waals surface area contributed by atoms with Crippen LogP contribution in [-0.4, -0.2) is 10.2 Å². The van der Waals surface area contributed by atoms with Gasteiger partial charge >= 0.3 is 0 Å². The summed E-state index contributed by atoms with van der Waals surface area (Å²) in [5, 5.41) is 29.4. The van der Waals surface area contributed by atoms with Crippen LogP contribution in [0.4, 0.5) is 0 Å². The molecule has 0 fully saturated rings. The summed E-state index contributed by atoms with van der Waals surface area (Å²) >= 11 is 0. The van der Waals surface area contributed by atoms with Crippen molar-refractivity contribution in [1.29, 1.82) is 15.8 Å². The maximum atomic E-state index is 9.70. The molecule has 0 saturated carbocycles. The van der Waals surface area contributed by atoms with E-state index in [1.54, 1.807) is 38.1 Å². The Hall–Kier alpha value is -4.73. The summed E-state index contributed by atoms with van der Waals surface area (Å²) in [7, 11) is 0. The molecule has 0 amide bonds. The summed E-state index contributed by atoms with van der Waals surface area (Å²) in [5.74, 6) is 1.34. The van der Waals surface area contributed by atoms with Gasteiger partial charge in [-0.1, -0.05) is 44.4 Å². The Balaban J connectivity index is 1.56. The number of benzene rings is 1. The van der Waals surface area contributed by atoms with E-state index in [0.717, 1.165) is 12.1 Å². The molecule has 0 radical (unpaired) electrons. The number of rotatable bonds is 9. The summed E-state index contributed by atoms with van der Waals surface area (Å²) in [6.45, 7) is 6.82. The first-order valence-corrected chi connectivity index (χ1v) is 12.8. The molecule has 1 aliphatic heterocycles. The Bertz CT molecular complexity index is 1570. The van der Waals surface area contributed by atoms with Crippen molar-refractivity contribution in [2.75, 3.05) is 0 Å². The highest BCUT2D eigenvalue weighted by Crippen LogP contribution is 2.40. The lowest BCUT2D eigenvalue weighted by Crippen LogP contribution is -2.20. The minimum atomic E-state index is -0.865. The molecule has 6 heteroatoms. The fraction of sp³-hybridized carbons (Fsp3) is 0.281. The Morgan fingerprint density at radius 1 is 0.921 bits per heavy atom. The normalized spacial score (nSPS) is 14.7. The fourth-order valence-electron chi connectivity index (χ4n) is 4.67. The first-order chi connectivity index (χ1) is 18.4. The zero-order chi connectivity index (χ0) is 27.1. The standard InChI is InChI=1S/C32H30N4O2/c1-4-5-6-9-18-36-22-23(27-10-7-8-11-30(27)36)12-13-25-14-15-26(37-25)16-17-29-28(21-35)31(24(19-33)20-34)38-32(29,2)3/h7-8,10-17,22H,4-6,9,18H2,1-3H3/b13-12+,17-16+. The summed E-state index contributed by atoms with van der Waals surface area (Å²) in [6, 6.07) is 17.9. The van der Waals surface area contributed by atoms with E-state index in [1.807, 2.05) is 18.2 Å². The third kappa shape index (κ3) is 5.49. The van der Waals surface area contributed by atoms with E-state index in [2.05, 4.69) is 54.1 Å². The van der Waals surface area contributed by atoms with E-state index in [0.29, 0.717) is 17.1 Å². The number of ether oxygens (including phenoxy) is 1. The number of hydrogen-bond donors (Lipinski definition) is 0. The molecule has 1 aliphatic rings. The molecule has 0 spiro atoms. The van der Waals surface area contributed by atoms with Gasteiger partial charge in [-0.3, -0.25) is 0 Å². The van der Waals surface area contributed by atoms with Gasteiger partial charge in [0, 0.05) is 34.8 Å². The smallest absolute Gasteiger partial charge is 0.172 e. The molecular formula is C32H30N4O2. The van der Waals surface area contributed by atoms with Crippen molar-refractivity contribution >= 4 is 29.1 Å². The lowest BCUT2D eigenvalue weighted by Gasteiger charge is -2.20. The molecule has 190 valence electrons. The number of furan rings is 1. The summed E-state index contributed by atoms with van der Waals surface area (Å²) in [6.07, 6.45) is 14.6. The van der Waals surface area contributed by atoms with E-state index < -0.39 is 5.60 Å². The van der Waals surface area contributed by atoms with E-state index in [9.17, 15) is 15.8 Å². The number of aromatic nitrogens is 1. The zero-order valence-corrected chi connectivity index (χ0v) is 22.0. The topological polar surface area (TPSA) is 98.7 Å². The van der Waals surface area contributed by atoms with Crippen molar-refractivity contribution in [3.8, 4) is 18.2 Å². The average molecular weight is 503 g/mol. The van der Waals surface area contributed by atoms with Gasteiger partial charge in [0.2, 0.25) is 0 Å². The van der Waals surface area contributed by atoms with Gasteiger partial charge in [-0.2, -0.15) is 15.8 Å². The lowest BCUT2D eigenvalue weighted by atomic mass is 9.94. The van der Waals surface area contributed by atoms with Gasteiger partial charge < -0.3 is 13.7 Å². The van der Waals surface area contributed by atoms with Crippen molar-refractivity contribution in [2.45, 2.75) is 58.6 Å². The van der Waals surface area contributed by atoms with Crippen LogP contribution in [-0.2, 0) is 11.3 Å². The maximum Gasteiger partial charge on any atom is 0.172 e. The number of nitriles is 3. The Labute approximate surface area is 223 Å². The molecule has 0 saturated heterocycles. The van der Waals surface area contributed by atoms with Gasteiger partial charge in [0.25, 0.3) is 0 Å². The Morgan fingerprint density at radius 3 is 2.32 bits per heavy atom. The number of aryl methyl sites for hydroxylation is 1. The first kappa shape index (κ1) is 26.3. The molecule has 0 aliphatic carbocycles. The molecule has 0 atom stereocenters. The van der Waals surface area contributed by atoms with Crippen LogP contribution in [0.2, 0.25) is 0 Å². The highest BCUT2D eigenvalue weighted by atomic mass is 16.5. The molecule has 6 nitrogen and oxygen atoms in total. The predicted octanol–water partition coefficient (Wildman–Crippen LogP) is 7.93. The molecule has 0 N–H and O–H groups in total. The van der Waals surface area contributed by atoms with Gasteiger partial charge in [0.15, 0.2) is 11.3 Å². The van der Waals surface area contributed by atoms with Crippen molar-refractivity contribution in [2.24, 2.45) is 0 Å². The third-order valence-electron chi connectivity index (χ3n) is 6.63. The average Bonchev–Trinajstić information content (AvgIpc) is 3.58. The predicted molar refractivity (Wildman–Crippen MR) is 149 cm³/mol. The van der Waals surface area contributed by atoms with Crippen LogP contribution in [0.3, 0.4) is 0 Å². The van der Waals surface area contributed by atoms with Crippen LogP contribution in [0.15, 0.2) is 75.6 Å². The van der Waals surface area contributed by atoms with E-state index in [4.69, 9.17) is 9.15 Å². The van der Waals surface area contributed by atoms with Crippen LogP contribution in [0.25, 0.3) is 29.1 Å². The second-order valence-electron chi connectivity index (χ2n) is 9.70. The molecule has 2 aromatic heterocycles. The van der Waals surface area contributed by atoms with Gasteiger partial charge in [-0.15, -0.1) is 0 Å². The number of allylic oxidation sites excluding steroid dienone is 2. The van der Waals surface area contributed by atoms with Crippen LogP contribution < -0.4 is 0 Å². The fourth-order valence-corrected chi connectivity index (χ4v) is 4.67.